The van der Waals surface area contributed by atoms with Crippen molar-refractivity contribution in [1.29, 1.82) is 0 Å². The summed E-state index contributed by atoms with van der Waals surface area (Å²) < 4.78 is 19.0. The van der Waals surface area contributed by atoms with Gasteiger partial charge < -0.3 is 10.1 Å². The van der Waals surface area contributed by atoms with Crippen LogP contribution in [0.25, 0.3) is 0 Å². The number of ketones is 1. The van der Waals surface area contributed by atoms with E-state index in [0.29, 0.717) is 4.47 Å². The van der Waals surface area contributed by atoms with Crippen LogP contribution >= 0.6 is 15.9 Å². The molecule has 1 rings (SSSR count). The van der Waals surface area contributed by atoms with E-state index in [0.717, 1.165) is 0 Å². The Balaban J connectivity index is 2.61. The van der Waals surface area contributed by atoms with Crippen LogP contribution in [0.4, 0.5) is 9.18 Å². The van der Waals surface area contributed by atoms with Crippen LogP contribution < -0.4 is 5.32 Å². The zero-order valence-corrected chi connectivity index (χ0v) is 12.5. The van der Waals surface area contributed by atoms with Gasteiger partial charge in [0.2, 0.25) is 0 Å². The number of nitrogens with one attached hydrogen (secondary N) is 1. The first-order valence-electron chi connectivity index (χ1n) is 5.64. The average molecular weight is 332 g/mol. The molecule has 0 fully saturated rings. The zero-order chi connectivity index (χ0) is 14.6. The molecule has 0 heterocycles. The van der Waals surface area contributed by atoms with E-state index in [1.807, 2.05) is 0 Å². The third-order valence-electron chi connectivity index (χ3n) is 2.02. The van der Waals surface area contributed by atoms with Crippen LogP contribution in [-0.2, 0) is 4.74 Å². The number of rotatable bonds is 3. The highest BCUT2D eigenvalue weighted by atomic mass is 79.9. The zero-order valence-electron chi connectivity index (χ0n) is 10.9. The molecule has 1 aromatic carbocycles. The van der Waals surface area contributed by atoms with Gasteiger partial charge in [-0.25, -0.2) is 9.18 Å². The van der Waals surface area contributed by atoms with E-state index >= 15 is 0 Å². The third kappa shape index (κ3) is 5.38. The first kappa shape index (κ1) is 15.6. The van der Waals surface area contributed by atoms with Crippen molar-refractivity contribution in [3.8, 4) is 0 Å². The van der Waals surface area contributed by atoms with E-state index in [2.05, 4.69) is 21.2 Å². The Morgan fingerprint density at radius 1 is 1.37 bits per heavy atom. The van der Waals surface area contributed by atoms with Gasteiger partial charge in [0.05, 0.1) is 12.1 Å². The molecular formula is C13H15BrFNO3. The molecule has 1 N–H and O–H groups in total. The minimum Gasteiger partial charge on any atom is -0.444 e. The van der Waals surface area contributed by atoms with E-state index in [4.69, 9.17) is 4.74 Å². The van der Waals surface area contributed by atoms with Crippen LogP contribution in [0.5, 0.6) is 0 Å². The van der Waals surface area contributed by atoms with Crippen LogP contribution in [0.3, 0.4) is 0 Å². The molecule has 0 spiro atoms. The summed E-state index contributed by atoms with van der Waals surface area (Å²) in [6, 6.07) is 4.05. The van der Waals surface area contributed by atoms with Gasteiger partial charge in [0.1, 0.15) is 11.4 Å². The minimum absolute atomic E-state index is 0.0783. The van der Waals surface area contributed by atoms with E-state index in [-0.39, 0.29) is 12.1 Å². The average Bonchev–Trinajstić information content (AvgIpc) is 2.27. The number of carbonyl (C=O) groups is 2. The van der Waals surface area contributed by atoms with Crippen molar-refractivity contribution in [1.82, 2.24) is 5.32 Å². The highest BCUT2D eigenvalue weighted by Crippen LogP contribution is 2.16. The van der Waals surface area contributed by atoms with Gasteiger partial charge in [-0.3, -0.25) is 4.79 Å². The molecule has 0 unspecified atom stereocenters. The molecule has 0 aliphatic heterocycles. The number of hydrogen-bond donors (Lipinski definition) is 1. The maximum Gasteiger partial charge on any atom is 0.408 e. The molecule has 19 heavy (non-hydrogen) atoms. The Morgan fingerprint density at radius 2 is 2.00 bits per heavy atom. The summed E-state index contributed by atoms with van der Waals surface area (Å²) in [4.78, 5) is 23.1. The van der Waals surface area contributed by atoms with E-state index in [1.54, 1.807) is 20.8 Å². The number of carbonyl (C=O) groups excluding carboxylic acids is 2. The summed E-state index contributed by atoms with van der Waals surface area (Å²) in [5, 5.41) is 2.29. The first-order chi connectivity index (χ1) is 8.69. The second-order valence-electron chi connectivity index (χ2n) is 4.90. The van der Waals surface area contributed by atoms with Crippen molar-refractivity contribution in [2.24, 2.45) is 0 Å². The van der Waals surface area contributed by atoms with Gasteiger partial charge in [-0.05, 0) is 39.0 Å². The molecule has 0 aliphatic rings. The number of alkyl carbamates (subject to hydrolysis) is 1. The van der Waals surface area contributed by atoms with Gasteiger partial charge in [-0.15, -0.1) is 0 Å². The molecule has 0 saturated carbocycles. The number of halogens is 2. The monoisotopic (exact) mass is 331 g/mol. The SMILES string of the molecule is CC(C)(C)OC(=O)NCC(=O)c1cc(Br)ccc1F. The van der Waals surface area contributed by atoms with Crippen molar-refractivity contribution in [2.45, 2.75) is 26.4 Å². The molecule has 4 nitrogen and oxygen atoms in total. The molecule has 0 aromatic heterocycles. The lowest BCUT2D eigenvalue weighted by Crippen LogP contribution is -2.35. The lowest BCUT2D eigenvalue weighted by Gasteiger charge is -2.19. The molecule has 104 valence electrons. The van der Waals surface area contributed by atoms with Crippen LogP contribution in [0.1, 0.15) is 31.1 Å². The van der Waals surface area contributed by atoms with Gasteiger partial charge >= 0.3 is 6.09 Å². The molecule has 0 aliphatic carbocycles. The number of hydrogen-bond acceptors (Lipinski definition) is 3. The fourth-order valence-electron chi connectivity index (χ4n) is 1.27. The van der Waals surface area contributed by atoms with Crippen molar-refractivity contribution in [3.63, 3.8) is 0 Å². The summed E-state index contributed by atoms with van der Waals surface area (Å²) in [7, 11) is 0. The fraction of sp³-hybridized carbons (Fsp3) is 0.385. The Kier molecular flexibility index (Phi) is 5.05. The topological polar surface area (TPSA) is 55.4 Å². The van der Waals surface area contributed by atoms with Crippen molar-refractivity contribution < 1.29 is 18.7 Å². The van der Waals surface area contributed by atoms with Gasteiger partial charge in [0.15, 0.2) is 5.78 Å². The van der Waals surface area contributed by atoms with Gasteiger partial charge in [-0.1, -0.05) is 15.9 Å². The maximum atomic E-state index is 13.4. The van der Waals surface area contributed by atoms with Crippen LogP contribution in [0.2, 0.25) is 0 Å². The third-order valence-corrected chi connectivity index (χ3v) is 2.51. The largest absolute Gasteiger partial charge is 0.444 e. The van der Waals surface area contributed by atoms with Crippen LogP contribution in [0.15, 0.2) is 22.7 Å². The van der Waals surface area contributed by atoms with E-state index < -0.39 is 23.3 Å². The molecule has 0 radical (unpaired) electrons. The number of Topliss-reactive ketones (excluding diaryl/α,β-unsaturated/α-hetero) is 1. The van der Waals surface area contributed by atoms with Crippen molar-refractivity contribution in [3.05, 3.63) is 34.1 Å². The quantitative estimate of drug-likeness (QED) is 0.864. The van der Waals surface area contributed by atoms with Crippen molar-refractivity contribution in [2.75, 3.05) is 6.54 Å². The number of amides is 1. The molecule has 0 bridgehead atoms. The van der Waals surface area contributed by atoms with Crippen LogP contribution in [-0.4, -0.2) is 24.0 Å². The summed E-state index contributed by atoms with van der Waals surface area (Å²) in [5.74, 6) is -1.15. The summed E-state index contributed by atoms with van der Waals surface area (Å²) in [6.45, 7) is 4.81. The van der Waals surface area contributed by atoms with Crippen LogP contribution in [0, 0.1) is 5.82 Å². The Labute approximate surface area is 119 Å². The second kappa shape index (κ2) is 6.14. The molecule has 1 aromatic rings. The Hall–Kier alpha value is -1.43. The molecule has 0 saturated heterocycles. The second-order valence-corrected chi connectivity index (χ2v) is 5.82. The lowest BCUT2D eigenvalue weighted by atomic mass is 10.1. The molecule has 0 atom stereocenters. The maximum absolute atomic E-state index is 13.4. The van der Waals surface area contributed by atoms with Crippen molar-refractivity contribution >= 4 is 27.8 Å². The molecule has 6 heteroatoms. The molecular weight excluding hydrogens is 317 g/mol. The lowest BCUT2D eigenvalue weighted by molar-refractivity contribution is 0.0520. The predicted molar refractivity (Wildman–Crippen MR) is 72.7 cm³/mol. The van der Waals surface area contributed by atoms with E-state index in [1.165, 1.54) is 18.2 Å². The number of benzene rings is 1. The van der Waals surface area contributed by atoms with Gasteiger partial charge in [0, 0.05) is 4.47 Å². The summed E-state index contributed by atoms with van der Waals surface area (Å²) in [6.07, 6.45) is -0.712. The highest BCUT2D eigenvalue weighted by Gasteiger charge is 2.18. The summed E-state index contributed by atoms with van der Waals surface area (Å²) in [5.41, 5.74) is -0.723. The standard InChI is InChI=1S/C13H15BrFNO3/c1-13(2,3)19-12(18)16-7-11(17)9-6-8(14)4-5-10(9)15/h4-6H,7H2,1-3H3,(H,16,18). The van der Waals surface area contributed by atoms with E-state index in [9.17, 15) is 14.0 Å². The Morgan fingerprint density at radius 3 is 2.58 bits per heavy atom. The smallest absolute Gasteiger partial charge is 0.408 e. The van der Waals surface area contributed by atoms with Gasteiger partial charge in [-0.2, -0.15) is 0 Å². The normalized spacial score (nSPS) is 11.0. The minimum atomic E-state index is -0.712. The predicted octanol–water partition coefficient (Wildman–Crippen LogP) is 3.30. The molecule has 1 amide bonds. The van der Waals surface area contributed by atoms with Gasteiger partial charge in [0.25, 0.3) is 0 Å². The highest BCUT2D eigenvalue weighted by molar-refractivity contribution is 9.10. The Bertz CT molecular complexity index is 497. The summed E-state index contributed by atoms with van der Waals surface area (Å²) >= 11 is 3.15. The fourth-order valence-corrected chi connectivity index (χ4v) is 1.63. The first-order valence-corrected chi connectivity index (χ1v) is 6.43. The number of ether oxygens (including phenoxy) is 1.